The second-order valence-corrected chi connectivity index (χ2v) is 11.9. The Kier molecular flexibility index (Phi) is 7.05. The largest absolute Gasteiger partial charge is 0.489 e. The summed E-state index contributed by atoms with van der Waals surface area (Å²) in [6.07, 6.45) is 11.2. The van der Waals surface area contributed by atoms with Gasteiger partial charge in [-0.2, -0.15) is 0 Å². The highest BCUT2D eigenvalue weighted by atomic mass is 35.5. The van der Waals surface area contributed by atoms with Crippen LogP contribution in [0.1, 0.15) is 62.1 Å². The topological polar surface area (TPSA) is 35.5 Å². The summed E-state index contributed by atoms with van der Waals surface area (Å²) in [6.45, 7) is 2.73. The summed E-state index contributed by atoms with van der Waals surface area (Å²) >= 11 is 6.81. The number of rotatable bonds is 8. The van der Waals surface area contributed by atoms with E-state index in [9.17, 15) is 4.79 Å². The molecule has 0 atom stereocenters. The van der Waals surface area contributed by atoms with Crippen LogP contribution in [0.15, 0.2) is 72.8 Å². The van der Waals surface area contributed by atoms with Crippen molar-refractivity contribution >= 4 is 23.6 Å². The highest BCUT2D eigenvalue weighted by molar-refractivity contribution is 6.33. The maximum absolute atomic E-state index is 11.7. The third kappa shape index (κ3) is 5.14. The summed E-state index contributed by atoms with van der Waals surface area (Å²) in [6, 6.07) is 23.0. The molecule has 4 bridgehead atoms. The van der Waals surface area contributed by atoms with Gasteiger partial charge in [-0.1, -0.05) is 60.1 Å². The number of carbonyl (C=O) groups is 1. The summed E-state index contributed by atoms with van der Waals surface area (Å²) in [4.78, 5) is 11.7. The monoisotopic (exact) mass is 526 g/mol. The molecular weight excluding hydrogens is 492 g/mol. The number of halogens is 1. The van der Waals surface area contributed by atoms with Crippen LogP contribution in [-0.2, 0) is 21.6 Å². The Morgan fingerprint density at radius 1 is 0.947 bits per heavy atom. The quantitative estimate of drug-likeness (QED) is 0.217. The van der Waals surface area contributed by atoms with Crippen molar-refractivity contribution in [3.63, 3.8) is 0 Å². The van der Waals surface area contributed by atoms with Crippen LogP contribution in [0.3, 0.4) is 0 Å². The van der Waals surface area contributed by atoms with Crippen molar-refractivity contribution in [2.24, 2.45) is 17.8 Å². The van der Waals surface area contributed by atoms with E-state index in [1.807, 2.05) is 18.2 Å². The van der Waals surface area contributed by atoms with Crippen molar-refractivity contribution in [2.75, 3.05) is 6.61 Å². The molecule has 0 radical (unpaired) electrons. The lowest BCUT2D eigenvalue weighted by atomic mass is 9.48. The van der Waals surface area contributed by atoms with Gasteiger partial charge in [-0.05, 0) is 110 Å². The molecule has 0 spiro atoms. The van der Waals surface area contributed by atoms with E-state index in [0.29, 0.717) is 18.2 Å². The van der Waals surface area contributed by atoms with Crippen molar-refractivity contribution in [1.29, 1.82) is 0 Å². The van der Waals surface area contributed by atoms with Gasteiger partial charge in [0, 0.05) is 22.2 Å². The van der Waals surface area contributed by atoms with Crippen molar-refractivity contribution in [1.82, 2.24) is 0 Å². The molecule has 3 aromatic carbocycles. The van der Waals surface area contributed by atoms with Crippen LogP contribution in [0, 0.1) is 17.8 Å². The van der Waals surface area contributed by atoms with Gasteiger partial charge in [0.2, 0.25) is 0 Å². The third-order valence-electron chi connectivity index (χ3n) is 8.83. The lowest BCUT2D eigenvalue weighted by Crippen LogP contribution is -2.48. The molecule has 4 fully saturated rings. The van der Waals surface area contributed by atoms with Crippen molar-refractivity contribution < 1.29 is 14.3 Å². The number of hydrogen-bond donors (Lipinski definition) is 0. The second-order valence-electron chi connectivity index (χ2n) is 11.5. The lowest BCUT2D eigenvalue weighted by Gasteiger charge is -2.57. The number of esters is 1. The highest BCUT2D eigenvalue weighted by Gasteiger charge is 2.52. The average Bonchev–Trinajstić information content (AvgIpc) is 2.91. The summed E-state index contributed by atoms with van der Waals surface area (Å²) in [5.74, 6) is 3.21. The molecule has 0 N–H and O–H groups in total. The standard InChI is InChI=1S/C34H35ClO3/c1-2-37-33(36)13-9-23-8-11-29(31(35)17-23)28-10-12-32(38-22-24-6-4-3-5-7-24)30(18-28)34-19-25-14-26(20-34)16-27(15-25)21-34/h3-13,17-18,25-27H,2,14-16,19-22H2,1H3. The Morgan fingerprint density at radius 3 is 2.32 bits per heavy atom. The normalized spacial score (nSPS) is 25.6. The molecule has 7 rings (SSSR count). The molecular formula is C34H35ClO3. The van der Waals surface area contributed by atoms with Gasteiger partial charge in [0.05, 0.1) is 6.61 Å². The van der Waals surface area contributed by atoms with E-state index in [-0.39, 0.29) is 11.4 Å². The van der Waals surface area contributed by atoms with E-state index in [2.05, 4.69) is 48.5 Å². The van der Waals surface area contributed by atoms with E-state index in [4.69, 9.17) is 21.1 Å². The second kappa shape index (κ2) is 10.6. The number of hydrogen-bond acceptors (Lipinski definition) is 3. The number of ether oxygens (including phenoxy) is 2. The van der Waals surface area contributed by atoms with Gasteiger partial charge < -0.3 is 9.47 Å². The number of benzene rings is 3. The molecule has 4 heteroatoms. The van der Waals surface area contributed by atoms with Crippen LogP contribution in [0.2, 0.25) is 5.02 Å². The van der Waals surface area contributed by atoms with Gasteiger partial charge in [0.1, 0.15) is 12.4 Å². The molecule has 0 aromatic heterocycles. The molecule has 3 nitrogen and oxygen atoms in total. The van der Waals surface area contributed by atoms with Crippen molar-refractivity contribution in [3.8, 4) is 16.9 Å². The van der Waals surface area contributed by atoms with Gasteiger partial charge >= 0.3 is 5.97 Å². The fourth-order valence-electron chi connectivity index (χ4n) is 7.64. The van der Waals surface area contributed by atoms with Gasteiger partial charge in [0.25, 0.3) is 0 Å². The van der Waals surface area contributed by atoms with E-state index in [1.165, 1.54) is 55.7 Å². The molecule has 0 aliphatic heterocycles. The molecule has 38 heavy (non-hydrogen) atoms. The minimum Gasteiger partial charge on any atom is -0.489 e. The van der Waals surface area contributed by atoms with Crippen molar-refractivity contribution in [3.05, 3.63) is 94.5 Å². The Balaban J connectivity index is 1.34. The smallest absolute Gasteiger partial charge is 0.330 e. The van der Waals surface area contributed by atoms with Gasteiger partial charge in [0.15, 0.2) is 0 Å². The molecule has 0 saturated heterocycles. The van der Waals surface area contributed by atoms with Crippen LogP contribution in [0.5, 0.6) is 5.75 Å². The van der Waals surface area contributed by atoms with Crippen LogP contribution < -0.4 is 4.74 Å². The highest BCUT2D eigenvalue weighted by Crippen LogP contribution is 2.62. The Bertz CT molecular complexity index is 1310. The van der Waals surface area contributed by atoms with Crippen molar-refractivity contribution in [2.45, 2.75) is 57.5 Å². The average molecular weight is 527 g/mol. The van der Waals surface area contributed by atoms with E-state index >= 15 is 0 Å². The zero-order valence-corrected chi connectivity index (χ0v) is 22.8. The Morgan fingerprint density at radius 2 is 1.66 bits per heavy atom. The number of carbonyl (C=O) groups excluding carboxylic acids is 1. The molecule has 4 aliphatic carbocycles. The van der Waals surface area contributed by atoms with Gasteiger partial charge in [-0.3, -0.25) is 0 Å². The van der Waals surface area contributed by atoms with Crippen LogP contribution >= 0.6 is 11.6 Å². The van der Waals surface area contributed by atoms with E-state index in [1.54, 1.807) is 13.0 Å². The SMILES string of the molecule is CCOC(=O)C=Cc1ccc(-c2ccc(OCc3ccccc3)c(C34CC5CC(CC(C5)C3)C4)c2)c(Cl)c1. The fraction of sp³-hybridized carbons (Fsp3) is 0.382. The third-order valence-corrected chi connectivity index (χ3v) is 9.14. The lowest BCUT2D eigenvalue weighted by molar-refractivity contribution is -0.137. The first kappa shape index (κ1) is 25.2. The van der Waals surface area contributed by atoms with E-state index in [0.717, 1.165) is 40.2 Å². The van der Waals surface area contributed by atoms with Crippen LogP contribution in [0.25, 0.3) is 17.2 Å². The maximum Gasteiger partial charge on any atom is 0.330 e. The van der Waals surface area contributed by atoms with E-state index < -0.39 is 0 Å². The van der Waals surface area contributed by atoms with Crippen LogP contribution in [0.4, 0.5) is 0 Å². The fourth-order valence-corrected chi connectivity index (χ4v) is 7.94. The summed E-state index contributed by atoms with van der Waals surface area (Å²) < 4.78 is 11.5. The molecule has 0 unspecified atom stereocenters. The Hall–Kier alpha value is -3.04. The molecule has 4 aliphatic rings. The maximum atomic E-state index is 11.7. The minimum atomic E-state index is -0.348. The first-order valence-corrected chi connectivity index (χ1v) is 14.3. The molecule has 3 aromatic rings. The summed E-state index contributed by atoms with van der Waals surface area (Å²) in [7, 11) is 0. The molecule has 4 saturated carbocycles. The predicted molar refractivity (Wildman–Crippen MR) is 153 cm³/mol. The van der Waals surface area contributed by atoms with Gasteiger partial charge in [-0.15, -0.1) is 0 Å². The van der Waals surface area contributed by atoms with Crippen LogP contribution in [-0.4, -0.2) is 12.6 Å². The first-order chi connectivity index (χ1) is 18.5. The molecule has 0 amide bonds. The minimum absolute atomic E-state index is 0.200. The zero-order chi connectivity index (χ0) is 26.1. The summed E-state index contributed by atoms with van der Waals surface area (Å²) in [5, 5.41) is 0.672. The molecule has 0 heterocycles. The predicted octanol–water partition coefficient (Wildman–Crippen LogP) is 8.63. The Labute approximate surface area is 230 Å². The molecule has 196 valence electrons. The summed E-state index contributed by atoms with van der Waals surface area (Å²) in [5.41, 5.74) is 5.74. The van der Waals surface area contributed by atoms with Gasteiger partial charge in [-0.25, -0.2) is 4.79 Å². The zero-order valence-electron chi connectivity index (χ0n) is 22.0. The first-order valence-electron chi connectivity index (χ1n) is 14.0.